The van der Waals surface area contributed by atoms with Crippen molar-refractivity contribution in [2.45, 2.75) is 19.8 Å². The van der Waals surface area contributed by atoms with Gasteiger partial charge in [0.2, 0.25) is 0 Å². The quantitative estimate of drug-likeness (QED) is 0.645. The van der Waals surface area contributed by atoms with Crippen molar-refractivity contribution in [2.75, 3.05) is 4.72 Å². The van der Waals surface area contributed by atoms with Gasteiger partial charge in [0.1, 0.15) is 0 Å². The van der Waals surface area contributed by atoms with E-state index in [9.17, 15) is 0 Å². The molecule has 0 saturated carbocycles. The first-order valence-corrected chi connectivity index (χ1v) is 4.19. The fourth-order valence-electron chi connectivity index (χ4n) is 0.967. The van der Waals surface area contributed by atoms with E-state index in [1.54, 1.807) is 0 Å². The third-order valence-electron chi connectivity index (χ3n) is 1.68. The molecule has 2 heteroatoms. The molecule has 1 aromatic carbocycles. The van der Waals surface area contributed by atoms with Crippen LogP contribution < -0.4 is 4.72 Å². The van der Waals surface area contributed by atoms with Crippen molar-refractivity contribution in [3.8, 4) is 0 Å². The highest BCUT2D eigenvalue weighted by atomic mass is 32.1. The van der Waals surface area contributed by atoms with Gasteiger partial charge in [-0.1, -0.05) is 38.8 Å². The number of hydrogen-bond acceptors (Lipinski definition) is 2. The summed E-state index contributed by atoms with van der Waals surface area (Å²) in [5, 5.41) is 0. The third-order valence-corrected chi connectivity index (χ3v) is 1.94. The van der Waals surface area contributed by atoms with E-state index >= 15 is 0 Å². The Kier molecular flexibility index (Phi) is 2.83. The second-order valence-electron chi connectivity index (χ2n) is 2.89. The van der Waals surface area contributed by atoms with Gasteiger partial charge in [-0.15, -0.1) is 0 Å². The van der Waals surface area contributed by atoms with Crippen LogP contribution in [-0.4, -0.2) is 0 Å². The van der Waals surface area contributed by atoms with Gasteiger partial charge in [0.15, 0.2) is 0 Å². The van der Waals surface area contributed by atoms with E-state index < -0.39 is 0 Å². The van der Waals surface area contributed by atoms with Gasteiger partial charge in [0.25, 0.3) is 0 Å². The smallest absolute Gasteiger partial charge is 0.0440 e. The maximum atomic E-state index is 3.98. The minimum atomic E-state index is 0.580. The van der Waals surface area contributed by atoms with Crippen LogP contribution in [0.15, 0.2) is 24.3 Å². The van der Waals surface area contributed by atoms with E-state index in [0.717, 1.165) is 5.69 Å². The van der Waals surface area contributed by atoms with E-state index in [2.05, 4.69) is 43.5 Å². The van der Waals surface area contributed by atoms with Crippen LogP contribution in [0.5, 0.6) is 0 Å². The second kappa shape index (κ2) is 3.67. The van der Waals surface area contributed by atoms with Crippen LogP contribution in [0.25, 0.3) is 0 Å². The first kappa shape index (κ1) is 8.47. The molecular weight excluding hydrogens is 154 g/mol. The highest BCUT2D eigenvalue weighted by molar-refractivity contribution is 7.81. The van der Waals surface area contributed by atoms with Crippen molar-refractivity contribution in [1.82, 2.24) is 0 Å². The summed E-state index contributed by atoms with van der Waals surface area (Å²) in [6.07, 6.45) is 0. The van der Waals surface area contributed by atoms with E-state index in [1.807, 2.05) is 12.1 Å². The number of anilines is 1. The summed E-state index contributed by atoms with van der Waals surface area (Å²) < 4.78 is 2.82. The van der Waals surface area contributed by atoms with E-state index in [1.165, 1.54) is 5.56 Å². The molecular formula is C9H13NS. The van der Waals surface area contributed by atoms with Crippen LogP contribution in [0.4, 0.5) is 5.69 Å². The molecule has 1 N–H and O–H groups in total. The maximum Gasteiger partial charge on any atom is 0.0440 e. The SMILES string of the molecule is CC(C)c1cccc(NS)c1. The van der Waals surface area contributed by atoms with Gasteiger partial charge in [-0.25, -0.2) is 0 Å². The van der Waals surface area contributed by atoms with Crippen LogP contribution in [0.3, 0.4) is 0 Å². The van der Waals surface area contributed by atoms with Crippen LogP contribution >= 0.6 is 12.8 Å². The van der Waals surface area contributed by atoms with Gasteiger partial charge < -0.3 is 4.72 Å². The monoisotopic (exact) mass is 167 g/mol. The molecule has 0 bridgehead atoms. The van der Waals surface area contributed by atoms with Crippen molar-refractivity contribution in [3.63, 3.8) is 0 Å². The molecule has 0 aromatic heterocycles. The molecule has 0 aliphatic carbocycles. The van der Waals surface area contributed by atoms with Crippen LogP contribution in [-0.2, 0) is 0 Å². The number of rotatable bonds is 2. The van der Waals surface area contributed by atoms with Crippen molar-refractivity contribution < 1.29 is 0 Å². The molecule has 0 fully saturated rings. The largest absolute Gasteiger partial charge is 0.332 e. The Hall–Kier alpha value is -0.630. The van der Waals surface area contributed by atoms with Crippen molar-refractivity contribution in [3.05, 3.63) is 29.8 Å². The third kappa shape index (κ3) is 2.15. The van der Waals surface area contributed by atoms with Gasteiger partial charge in [-0.2, -0.15) is 0 Å². The molecule has 0 saturated heterocycles. The lowest BCUT2D eigenvalue weighted by Gasteiger charge is -2.06. The minimum Gasteiger partial charge on any atom is -0.332 e. The van der Waals surface area contributed by atoms with Gasteiger partial charge in [0.05, 0.1) is 0 Å². The summed E-state index contributed by atoms with van der Waals surface area (Å²) >= 11 is 3.98. The molecule has 60 valence electrons. The molecule has 0 amide bonds. The predicted molar refractivity (Wildman–Crippen MR) is 53.1 cm³/mol. The van der Waals surface area contributed by atoms with Crippen LogP contribution in [0, 0.1) is 0 Å². The van der Waals surface area contributed by atoms with Gasteiger partial charge in [0, 0.05) is 5.69 Å². The molecule has 0 aliphatic heterocycles. The summed E-state index contributed by atoms with van der Waals surface area (Å²) in [6, 6.07) is 8.27. The molecule has 11 heavy (non-hydrogen) atoms. The highest BCUT2D eigenvalue weighted by Crippen LogP contribution is 2.18. The van der Waals surface area contributed by atoms with Crippen molar-refractivity contribution >= 4 is 18.5 Å². The predicted octanol–water partition coefficient (Wildman–Crippen LogP) is 3.07. The van der Waals surface area contributed by atoms with Crippen LogP contribution in [0.1, 0.15) is 25.3 Å². The van der Waals surface area contributed by atoms with E-state index in [-0.39, 0.29) is 0 Å². The van der Waals surface area contributed by atoms with E-state index in [0.29, 0.717) is 5.92 Å². The minimum absolute atomic E-state index is 0.580. The molecule has 0 spiro atoms. The fraction of sp³-hybridized carbons (Fsp3) is 0.333. The number of nitrogens with one attached hydrogen (secondary N) is 1. The Morgan fingerprint density at radius 2 is 2.09 bits per heavy atom. The second-order valence-corrected chi connectivity index (χ2v) is 3.12. The normalized spacial score (nSPS) is 10.2. The van der Waals surface area contributed by atoms with Gasteiger partial charge >= 0.3 is 0 Å². The van der Waals surface area contributed by atoms with Crippen molar-refractivity contribution in [2.24, 2.45) is 0 Å². The Labute approximate surface area is 73.4 Å². The molecule has 1 aromatic rings. The standard InChI is InChI=1S/C9H13NS/c1-7(2)8-4-3-5-9(6-8)10-11/h3-7,10-11H,1-2H3. The molecule has 0 atom stereocenters. The Morgan fingerprint density at radius 1 is 1.36 bits per heavy atom. The molecule has 0 unspecified atom stereocenters. The zero-order valence-corrected chi connectivity index (χ0v) is 7.73. The number of benzene rings is 1. The zero-order valence-electron chi connectivity index (χ0n) is 6.83. The molecule has 0 radical (unpaired) electrons. The van der Waals surface area contributed by atoms with Gasteiger partial charge in [-0.3, -0.25) is 0 Å². The Balaban J connectivity index is 2.91. The lowest BCUT2D eigenvalue weighted by Crippen LogP contribution is -1.88. The topological polar surface area (TPSA) is 12.0 Å². The Morgan fingerprint density at radius 3 is 2.64 bits per heavy atom. The first-order valence-electron chi connectivity index (χ1n) is 3.74. The summed E-state index contributed by atoms with van der Waals surface area (Å²) in [6.45, 7) is 4.36. The van der Waals surface area contributed by atoms with Crippen molar-refractivity contribution in [1.29, 1.82) is 0 Å². The summed E-state index contributed by atoms with van der Waals surface area (Å²) in [7, 11) is 0. The summed E-state index contributed by atoms with van der Waals surface area (Å²) in [4.78, 5) is 0. The average molecular weight is 167 g/mol. The zero-order chi connectivity index (χ0) is 8.27. The lowest BCUT2D eigenvalue weighted by molar-refractivity contribution is 0.867. The molecule has 0 aliphatic rings. The molecule has 1 nitrogen and oxygen atoms in total. The fourth-order valence-corrected chi connectivity index (χ4v) is 1.11. The van der Waals surface area contributed by atoms with Crippen LogP contribution in [0.2, 0.25) is 0 Å². The molecule has 0 heterocycles. The number of thiol groups is 1. The Bertz CT molecular complexity index is 233. The number of hydrogen-bond donors (Lipinski definition) is 2. The highest BCUT2D eigenvalue weighted by Gasteiger charge is 1.97. The maximum absolute atomic E-state index is 3.98. The molecule has 1 rings (SSSR count). The van der Waals surface area contributed by atoms with Gasteiger partial charge in [-0.05, 0) is 23.6 Å². The summed E-state index contributed by atoms with van der Waals surface area (Å²) in [5.74, 6) is 0.580. The van der Waals surface area contributed by atoms with E-state index in [4.69, 9.17) is 0 Å². The lowest BCUT2D eigenvalue weighted by atomic mass is 10.0. The average Bonchev–Trinajstić information content (AvgIpc) is 2.05. The summed E-state index contributed by atoms with van der Waals surface area (Å²) in [5.41, 5.74) is 2.39. The first-order chi connectivity index (χ1) is 5.24.